The quantitative estimate of drug-likeness (QED) is 0.461. The maximum absolute atomic E-state index is 12.3. The normalized spacial score (nSPS) is 36.8. The van der Waals surface area contributed by atoms with Gasteiger partial charge < -0.3 is 0 Å². The summed E-state index contributed by atoms with van der Waals surface area (Å²) in [5, 5.41) is 0. The molecule has 0 nitrogen and oxygen atoms in total. The molecular weight excluding hydrogens is 254 g/mol. The summed E-state index contributed by atoms with van der Waals surface area (Å²) in [4.78, 5) is -2.30. The first kappa shape index (κ1) is 10.1. The van der Waals surface area contributed by atoms with Gasteiger partial charge in [-0.15, -0.1) is 0 Å². The highest BCUT2D eigenvalue weighted by Crippen LogP contribution is 2.57. The number of halogens is 7. The SMILES string of the molecule is FC1(F)[CH]C(Br)C(F)(F)C1(F)F. The Hall–Kier alpha value is 0.0600. The van der Waals surface area contributed by atoms with Gasteiger partial charge in [-0.1, -0.05) is 15.9 Å². The van der Waals surface area contributed by atoms with Gasteiger partial charge in [0.1, 0.15) is 0 Å². The Labute approximate surface area is 72.1 Å². The fraction of sp³-hybridized carbons (Fsp3) is 0.800. The zero-order valence-corrected chi connectivity index (χ0v) is 6.89. The van der Waals surface area contributed by atoms with Crippen LogP contribution in [0.25, 0.3) is 0 Å². The summed E-state index contributed by atoms with van der Waals surface area (Å²) >= 11 is 2.05. The zero-order valence-electron chi connectivity index (χ0n) is 5.30. The highest BCUT2D eigenvalue weighted by Gasteiger charge is 2.80. The van der Waals surface area contributed by atoms with E-state index in [9.17, 15) is 26.3 Å². The van der Waals surface area contributed by atoms with Crippen LogP contribution in [0.3, 0.4) is 0 Å². The first-order chi connectivity index (χ1) is 5.13. The van der Waals surface area contributed by atoms with Crippen molar-refractivity contribution >= 4 is 15.9 Å². The number of hydrogen-bond acceptors (Lipinski definition) is 0. The Balaban J connectivity index is 3.10. The van der Waals surface area contributed by atoms with Crippen LogP contribution < -0.4 is 0 Å². The lowest BCUT2D eigenvalue weighted by atomic mass is 10.2. The largest absolute Gasteiger partial charge is 0.373 e. The Morgan fingerprint density at radius 1 is 1.00 bits per heavy atom. The van der Waals surface area contributed by atoms with Gasteiger partial charge in [0.05, 0.1) is 11.2 Å². The second-order valence-electron chi connectivity index (χ2n) is 2.39. The lowest BCUT2D eigenvalue weighted by Gasteiger charge is -2.23. The number of alkyl halides is 7. The molecule has 1 aliphatic carbocycles. The number of rotatable bonds is 0. The van der Waals surface area contributed by atoms with Crippen LogP contribution in [0.5, 0.6) is 0 Å². The van der Waals surface area contributed by atoms with Gasteiger partial charge >= 0.3 is 17.8 Å². The molecule has 0 aromatic heterocycles. The molecule has 1 saturated carbocycles. The molecule has 7 heteroatoms. The average molecular weight is 256 g/mol. The third-order valence-corrected chi connectivity index (χ3v) is 2.38. The molecule has 0 amide bonds. The van der Waals surface area contributed by atoms with Gasteiger partial charge in [0.25, 0.3) is 0 Å². The molecule has 0 aliphatic heterocycles. The maximum atomic E-state index is 12.3. The third-order valence-electron chi connectivity index (χ3n) is 1.54. The lowest BCUT2D eigenvalue weighted by molar-refractivity contribution is -0.264. The standard InChI is InChI=1S/C5H2BrF6/c6-2-1-3(7,8)5(11,12)4(2,9)10/h1-2H. The molecule has 0 heterocycles. The Kier molecular flexibility index (Phi) is 1.94. The third kappa shape index (κ3) is 0.978. The topological polar surface area (TPSA) is 0 Å². The van der Waals surface area contributed by atoms with E-state index in [-0.39, 0.29) is 0 Å². The number of hydrogen-bond donors (Lipinski definition) is 0. The van der Waals surface area contributed by atoms with Crippen LogP contribution in [0.1, 0.15) is 0 Å². The fourth-order valence-electron chi connectivity index (χ4n) is 0.788. The van der Waals surface area contributed by atoms with Crippen LogP contribution in [0.2, 0.25) is 0 Å². The van der Waals surface area contributed by atoms with Crippen molar-refractivity contribution in [1.29, 1.82) is 0 Å². The monoisotopic (exact) mass is 255 g/mol. The molecule has 1 atom stereocenters. The van der Waals surface area contributed by atoms with Crippen molar-refractivity contribution in [3.63, 3.8) is 0 Å². The molecule has 0 bridgehead atoms. The molecule has 1 radical (unpaired) electrons. The summed E-state index contributed by atoms with van der Waals surface area (Å²) in [5.41, 5.74) is 0. The van der Waals surface area contributed by atoms with Crippen molar-refractivity contribution in [2.45, 2.75) is 22.6 Å². The van der Waals surface area contributed by atoms with Gasteiger partial charge in [-0.2, -0.15) is 26.3 Å². The first-order valence-corrected chi connectivity index (χ1v) is 3.68. The fourth-order valence-corrected chi connectivity index (χ4v) is 1.41. The molecule has 71 valence electrons. The molecule has 0 aromatic rings. The second kappa shape index (κ2) is 2.30. The summed E-state index contributed by atoms with van der Waals surface area (Å²) in [6, 6.07) is 0. The average Bonchev–Trinajstić information content (AvgIpc) is 1.92. The van der Waals surface area contributed by atoms with E-state index in [1.54, 1.807) is 0 Å². The van der Waals surface area contributed by atoms with Gasteiger partial charge in [0.2, 0.25) is 0 Å². The Bertz CT molecular complexity index is 200. The van der Waals surface area contributed by atoms with E-state index in [2.05, 4.69) is 0 Å². The van der Waals surface area contributed by atoms with Crippen molar-refractivity contribution in [2.24, 2.45) is 0 Å². The second-order valence-corrected chi connectivity index (χ2v) is 3.38. The molecule has 1 unspecified atom stereocenters. The molecule has 0 spiro atoms. The van der Waals surface area contributed by atoms with E-state index in [0.717, 1.165) is 0 Å². The van der Waals surface area contributed by atoms with E-state index >= 15 is 0 Å². The molecule has 0 aromatic carbocycles. The van der Waals surface area contributed by atoms with Crippen LogP contribution in [0, 0.1) is 6.42 Å². The van der Waals surface area contributed by atoms with Crippen LogP contribution in [0.4, 0.5) is 26.3 Å². The molecule has 12 heavy (non-hydrogen) atoms. The summed E-state index contributed by atoms with van der Waals surface area (Å²) in [6.07, 6.45) is -0.396. The minimum atomic E-state index is -5.31. The molecule has 1 fully saturated rings. The van der Waals surface area contributed by atoms with E-state index in [1.807, 2.05) is 15.9 Å². The maximum Gasteiger partial charge on any atom is 0.373 e. The highest BCUT2D eigenvalue weighted by atomic mass is 79.9. The van der Waals surface area contributed by atoms with Gasteiger partial charge in [-0.05, 0) is 0 Å². The van der Waals surface area contributed by atoms with E-state index in [0.29, 0.717) is 0 Å². The Morgan fingerprint density at radius 2 is 1.42 bits per heavy atom. The van der Waals surface area contributed by atoms with Crippen molar-refractivity contribution in [3.8, 4) is 0 Å². The van der Waals surface area contributed by atoms with Crippen molar-refractivity contribution in [2.75, 3.05) is 0 Å². The summed E-state index contributed by atoms with van der Waals surface area (Å²) < 4.78 is 73.3. The minimum absolute atomic E-state index is 0.396. The Morgan fingerprint density at radius 3 is 1.50 bits per heavy atom. The van der Waals surface area contributed by atoms with Gasteiger partial charge in [-0.25, -0.2) is 0 Å². The van der Waals surface area contributed by atoms with Crippen molar-refractivity contribution in [3.05, 3.63) is 6.42 Å². The molecule has 1 aliphatic rings. The molecule has 0 saturated heterocycles. The summed E-state index contributed by atoms with van der Waals surface area (Å²) in [5.74, 6) is -14.8. The summed E-state index contributed by atoms with van der Waals surface area (Å²) in [7, 11) is 0. The predicted molar refractivity (Wildman–Crippen MR) is 31.9 cm³/mol. The first-order valence-electron chi connectivity index (χ1n) is 2.76. The van der Waals surface area contributed by atoms with Crippen LogP contribution in [0.15, 0.2) is 0 Å². The van der Waals surface area contributed by atoms with Crippen molar-refractivity contribution in [1.82, 2.24) is 0 Å². The van der Waals surface area contributed by atoms with E-state index < -0.39 is 29.0 Å². The van der Waals surface area contributed by atoms with Crippen molar-refractivity contribution < 1.29 is 26.3 Å². The van der Waals surface area contributed by atoms with Crippen LogP contribution in [-0.4, -0.2) is 22.6 Å². The van der Waals surface area contributed by atoms with E-state index in [4.69, 9.17) is 0 Å². The zero-order chi connectivity index (χ0) is 9.78. The van der Waals surface area contributed by atoms with E-state index in [1.165, 1.54) is 0 Å². The predicted octanol–water partition coefficient (Wildman–Crippen LogP) is 2.87. The van der Waals surface area contributed by atoms with Crippen LogP contribution >= 0.6 is 15.9 Å². The smallest absolute Gasteiger partial charge is 0.199 e. The molecule has 0 N–H and O–H groups in total. The summed E-state index contributed by atoms with van der Waals surface area (Å²) in [6.45, 7) is 0. The van der Waals surface area contributed by atoms with Gasteiger partial charge in [-0.3, -0.25) is 0 Å². The van der Waals surface area contributed by atoms with Crippen LogP contribution in [-0.2, 0) is 0 Å². The van der Waals surface area contributed by atoms with Gasteiger partial charge in [0, 0.05) is 0 Å². The highest BCUT2D eigenvalue weighted by molar-refractivity contribution is 9.09. The minimum Gasteiger partial charge on any atom is -0.199 e. The van der Waals surface area contributed by atoms with Gasteiger partial charge in [0.15, 0.2) is 0 Å². The molecule has 1 rings (SSSR count). The molecular formula is C5H2BrF6. The lowest BCUT2D eigenvalue weighted by Crippen LogP contribution is -2.48.